The highest BCUT2D eigenvalue weighted by molar-refractivity contribution is 5.96. The van der Waals surface area contributed by atoms with Gasteiger partial charge in [0, 0.05) is 48.9 Å². The van der Waals surface area contributed by atoms with Crippen molar-refractivity contribution in [2.75, 3.05) is 20.2 Å². The van der Waals surface area contributed by atoms with E-state index in [9.17, 15) is 14.4 Å². The minimum atomic E-state index is -0.378. The van der Waals surface area contributed by atoms with E-state index in [0.29, 0.717) is 24.2 Å². The number of amides is 1. The lowest BCUT2D eigenvalue weighted by Gasteiger charge is -2.44. The summed E-state index contributed by atoms with van der Waals surface area (Å²) in [6.07, 6.45) is 3.89. The fourth-order valence-electron chi connectivity index (χ4n) is 3.94. The molecule has 2 atom stereocenters. The largest absolute Gasteiger partial charge is 0.466 e. The van der Waals surface area contributed by atoms with Crippen LogP contribution in [0.4, 0.5) is 0 Å². The zero-order valence-electron chi connectivity index (χ0n) is 18.2. The van der Waals surface area contributed by atoms with Gasteiger partial charge in [0.05, 0.1) is 7.11 Å². The van der Waals surface area contributed by atoms with Gasteiger partial charge in [0.1, 0.15) is 6.29 Å². The van der Waals surface area contributed by atoms with Crippen molar-refractivity contribution in [3.05, 3.63) is 76.9 Å². The Hall–Kier alpha value is -3.25. The Morgan fingerprint density at radius 3 is 2.32 bits per heavy atom. The second kappa shape index (κ2) is 10.2. The summed E-state index contributed by atoms with van der Waals surface area (Å²) in [5, 5.41) is 0. The average molecular weight is 421 g/mol. The quantitative estimate of drug-likeness (QED) is 0.407. The van der Waals surface area contributed by atoms with Crippen molar-refractivity contribution in [3.63, 3.8) is 0 Å². The number of esters is 1. The first-order chi connectivity index (χ1) is 14.9. The van der Waals surface area contributed by atoms with Gasteiger partial charge >= 0.3 is 5.97 Å². The smallest absolute Gasteiger partial charge is 0.330 e. The fraction of sp³-hybridized carbons (Fsp3) is 0.320. The Balaban J connectivity index is 1.63. The predicted molar refractivity (Wildman–Crippen MR) is 120 cm³/mol. The van der Waals surface area contributed by atoms with E-state index in [0.717, 1.165) is 18.4 Å². The second-order valence-electron chi connectivity index (χ2n) is 7.92. The van der Waals surface area contributed by atoms with E-state index in [1.165, 1.54) is 18.7 Å². The van der Waals surface area contributed by atoms with Crippen LogP contribution in [-0.4, -0.2) is 60.2 Å². The third-order valence-electron chi connectivity index (χ3n) is 5.62. The first-order valence-electron chi connectivity index (χ1n) is 10.4. The molecule has 0 saturated carbocycles. The molecule has 0 aliphatic carbocycles. The highest BCUT2D eigenvalue weighted by atomic mass is 16.5. The van der Waals surface area contributed by atoms with Crippen molar-refractivity contribution in [1.82, 2.24) is 9.80 Å². The Bertz CT molecular complexity index is 956. The number of carbonyl (C=O) groups excluding carboxylic acids is 3. The Morgan fingerprint density at radius 1 is 1.03 bits per heavy atom. The summed E-state index contributed by atoms with van der Waals surface area (Å²) >= 11 is 0. The van der Waals surface area contributed by atoms with Crippen LogP contribution >= 0.6 is 0 Å². The molecular weight excluding hydrogens is 392 g/mol. The molecule has 1 saturated heterocycles. The number of piperazine rings is 1. The van der Waals surface area contributed by atoms with Gasteiger partial charge in [-0.15, -0.1) is 0 Å². The van der Waals surface area contributed by atoms with Crippen LogP contribution in [0.2, 0.25) is 0 Å². The molecule has 1 aliphatic heterocycles. The minimum Gasteiger partial charge on any atom is -0.466 e. The highest BCUT2D eigenvalue weighted by Gasteiger charge is 2.32. The van der Waals surface area contributed by atoms with Gasteiger partial charge in [-0.3, -0.25) is 14.5 Å². The van der Waals surface area contributed by atoms with Gasteiger partial charge in [-0.2, -0.15) is 0 Å². The SMILES string of the molecule is COC(=O)C=Cc1ccc(CN2[C@H](C)CN(C(=O)c3cccc(C=O)c3)C[C@@H]2C)cc1. The molecule has 1 aliphatic rings. The van der Waals surface area contributed by atoms with E-state index in [-0.39, 0.29) is 24.0 Å². The van der Waals surface area contributed by atoms with Gasteiger partial charge in [0.2, 0.25) is 0 Å². The number of benzene rings is 2. The van der Waals surface area contributed by atoms with Crippen molar-refractivity contribution in [3.8, 4) is 0 Å². The van der Waals surface area contributed by atoms with Crippen molar-refractivity contribution in [1.29, 1.82) is 0 Å². The molecule has 2 aromatic rings. The Kier molecular flexibility index (Phi) is 7.36. The molecule has 1 amide bonds. The summed E-state index contributed by atoms with van der Waals surface area (Å²) in [7, 11) is 1.35. The molecule has 3 rings (SSSR count). The van der Waals surface area contributed by atoms with E-state index < -0.39 is 0 Å². The molecule has 1 heterocycles. The molecule has 6 nitrogen and oxygen atoms in total. The fourth-order valence-corrected chi connectivity index (χ4v) is 3.94. The highest BCUT2D eigenvalue weighted by Crippen LogP contribution is 2.21. The van der Waals surface area contributed by atoms with Crippen LogP contribution in [0.25, 0.3) is 6.08 Å². The van der Waals surface area contributed by atoms with Gasteiger partial charge in [0.15, 0.2) is 0 Å². The van der Waals surface area contributed by atoms with Gasteiger partial charge in [-0.25, -0.2) is 4.79 Å². The monoisotopic (exact) mass is 420 g/mol. The van der Waals surface area contributed by atoms with Gasteiger partial charge < -0.3 is 9.64 Å². The minimum absolute atomic E-state index is 0.0382. The van der Waals surface area contributed by atoms with Crippen molar-refractivity contribution >= 4 is 24.2 Å². The normalized spacial score (nSPS) is 19.4. The number of hydrogen-bond donors (Lipinski definition) is 0. The van der Waals surface area contributed by atoms with Crippen LogP contribution in [0.5, 0.6) is 0 Å². The molecule has 0 unspecified atom stereocenters. The lowest BCUT2D eigenvalue weighted by atomic mass is 10.0. The van der Waals surface area contributed by atoms with Gasteiger partial charge in [0.25, 0.3) is 5.91 Å². The van der Waals surface area contributed by atoms with Gasteiger partial charge in [-0.1, -0.05) is 36.4 Å². The summed E-state index contributed by atoms with van der Waals surface area (Å²) in [6.45, 7) is 6.31. The third-order valence-corrected chi connectivity index (χ3v) is 5.62. The molecule has 0 spiro atoms. The molecule has 0 bridgehead atoms. The van der Waals surface area contributed by atoms with Crippen LogP contribution in [0, 0.1) is 0 Å². The number of nitrogens with zero attached hydrogens (tertiary/aromatic N) is 2. The van der Waals surface area contributed by atoms with E-state index in [2.05, 4.69) is 35.6 Å². The lowest BCUT2D eigenvalue weighted by Crippen LogP contribution is -2.57. The first-order valence-corrected chi connectivity index (χ1v) is 10.4. The van der Waals surface area contributed by atoms with E-state index in [1.807, 2.05) is 17.0 Å². The number of hydrogen-bond acceptors (Lipinski definition) is 5. The standard InChI is InChI=1S/C25H28N2O4/c1-18-14-26(25(30)23-6-4-5-22(13-23)17-28)15-19(2)27(18)16-21-9-7-20(8-10-21)11-12-24(29)31-3/h4-13,17-19H,14-16H2,1-3H3/t18-,19+. The van der Waals surface area contributed by atoms with E-state index in [4.69, 9.17) is 0 Å². The molecule has 6 heteroatoms. The summed E-state index contributed by atoms with van der Waals surface area (Å²) < 4.78 is 4.61. The Morgan fingerprint density at radius 2 is 1.71 bits per heavy atom. The molecule has 0 aromatic heterocycles. The summed E-state index contributed by atoms with van der Waals surface area (Å²) in [6, 6.07) is 15.3. The number of methoxy groups -OCH3 is 1. The molecule has 1 fully saturated rings. The van der Waals surface area contributed by atoms with Crippen LogP contribution in [0.1, 0.15) is 45.7 Å². The molecule has 31 heavy (non-hydrogen) atoms. The maximum atomic E-state index is 12.9. The summed E-state index contributed by atoms with van der Waals surface area (Å²) in [5.41, 5.74) is 3.17. The van der Waals surface area contributed by atoms with Crippen molar-refractivity contribution in [2.45, 2.75) is 32.5 Å². The number of rotatable bonds is 6. The zero-order valence-corrected chi connectivity index (χ0v) is 18.2. The number of ether oxygens (including phenoxy) is 1. The lowest BCUT2D eigenvalue weighted by molar-refractivity contribution is -0.134. The van der Waals surface area contributed by atoms with Crippen LogP contribution < -0.4 is 0 Å². The van der Waals surface area contributed by atoms with E-state index >= 15 is 0 Å². The maximum Gasteiger partial charge on any atom is 0.330 e. The molecule has 0 N–H and O–H groups in total. The molecular formula is C25H28N2O4. The predicted octanol–water partition coefficient (Wildman–Crippen LogP) is 3.42. The maximum absolute atomic E-state index is 12.9. The topological polar surface area (TPSA) is 66.9 Å². The van der Waals surface area contributed by atoms with Gasteiger partial charge in [-0.05, 0) is 43.2 Å². The second-order valence-corrected chi connectivity index (χ2v) is 7.92. The number of carbonyl (C=O) groups is 3. The van der Waals surface area contributed by atoms with Crippen molar-refractivity contribution in [2.24, 2.45) is 0 Å². The first kappa shape index (κ1) is 22.4. The molecule has 2 aromatic carbocycles. The van der Waals surface area contributed by atoms with Crippen molar-refractivity contribution < 1.29 is 19.1 Å². The van der Waals surface area contributed by atoms with Crippen LogP contribution in [0.3, 0.4) is 0 Å². The molecule has 0 radical (unpaired) electrons. The average Bonchev–Trinajstić information content (AvgIpc) is 2.79. The number of aldehydes is 1. The van der Waals surface area contributed by atoms with Crippen LogP contribution in [0.15, 0.2) is 54.6 Å². The summed E-state index contributed by atoms with van der Waals surface area (Å²) in [5.74, 6) is -0.416. The zero-order chi connectivity index (χ0) is 22.4. The molecule has 162 valence electrons. The Labute approximate surface area is 183 Å². The van der Waals surface area contributed by atoms with E-state index in [1.54, 1.807) is 30.3 Å². The third kappa shape index (κ3) is 5.67. The summed E-state index contributed by atoms with van der Waals surface area (Å²) in [4.78, 5) is 39.5. The van der Waals surface area contributed by atoms with Crippen LogP contribution in [-0.2, 0) is 16.1 Å².